The van der Waals surface area contributed by atoms with E-state index >= 15 is 0 Å². The lowest BCUT2D eigenvalue weighted by atomic mass is 10.1. The Bertz CT molecular complexity index is 924. The first-order valence-electron chi connectivity index (χ1n) is 7.30. The molecule has 1 aliphatic rings. The van der Waals surface area contributed by atoms with Crippen molar-refractivity contribution in [3.05, 3.63) is 78.0 Å². The number of hydrogen-bond donors (Lipinski definition) is 0. The SMILES string of the molecule is C(#CN1CC=Cc2ccccc21)c1ccnc2ccccc12. The van der Waals surface area contributed by atoms with E-state index in [0.717, 1.165) is 28.7 Å². The quantitative estimate of drug-likeness (QED) is 0.578. The minimum absolute atomic E-state index is 0.813. The van der Waals surface area contributed by atoms with Crippen molar-refractivity contribution in [2.45, 2.75) is 0 Å². The van der Waals surface area contributed by atoms with Crippen LogP contribution in [-0.2, 0) is 0 Å². The van der Waals surface area contributed by atoms with Gasteiger partial charge in [-0.15, -0.1) is 0 Å². The Labute approximate surface area is 129 Å². The van der Waals surface area contributed by atoms with Crippen LogP contribution in [0.4, 0.5) is 5.69 Å². The molecule has 3 aromatic rings. The van der Waals surface area contributed by atoms with Crippen LogP contribution >= 0.6 is 0 Å². The van der Waals surface area contributed by atoms with E-state index in [1.54, 1.807) is 0 Å². The molecule has 0 unspecified atom stereocenters. The van der Waals surface area contributed by atoms with Gasteiger partial charge in [-0.25, -0.2) is 0 Å². The molecule has 2 heteroatoms. The second-order valence-electron chi connectivity index (χ2n) is 5.18. The first kappa shape index (κ1) is 12.7. The first-order chi connectivity index (χ1) is 10.9. The van der Waals surface area contributed by atoms with Crippen molar-refractivity contribution in [1.29, 1.82) is 0 Å². The highest BCUT2D eigenvalue weighted by molar-refractivity contribution is 5.85. The molecule has 0 aliphatic carbocycles. The van der Waals surface area contributed by atoms with Gasteiger partial charge < -0.3 is 0 Å². The Morgan fingerprint density at radius 3 is 2.82 bits per heavy atom. The van der Waals surface area contributed by atoms with E-state index < -0.39 is 0 Å². The van der Waals surface area contributed by atoms with Crippen LogP contribution in [0.1, 0.15) is 11.1 Å². The molecule has 104 valence electrons. The molecule has 2 aromatic carbocycles. The number of pyridine rings is 1. The summed E-state index contributed by atoms with van der Waals surface area (Å²) in [4.78, 5) is 6.47. The maximum Gasteiger partial charge on any atom is 0.0714 e. The maximum atomic E-state index is 4.38. The summed E-state index contributed by atoms with van der Waals surface area (Å²) in [5, 5.41) is 1.10. The minimum Gasteiger partial charge on any atom is -0.297 e. The van der Waals surface area contributed by atoms with E-state index in [2.05, 4.69) is 64.3 Å². The van der Waals surface area contributed by atoms with Crippen LogP contribution < -0.4 is 4.90 Å². The van der Waals surface area contributed by atoms with E-state index in [-0.39, 0.29) is 0 Å². The highest BCUT2D eigenvalue weighted by Crippen LogP contribution is 2.24. The van der Waals surface area contributed by atoms with E-state index in [1.807, 2.05) is 30.5 Å². The maximum absolute atomic E-state index is 4.38. The fraction of sp³-hybridized carbons (Fsp3) is 0.0500. The fourth-order valence-electron chi connectivity index (χ4n) is 2.70. The molecule has 0 saturated carbocycles. The summed E-state index contributed by atoms with van der Waals surface area (Å²) in [5.74, 6) is 3.30. The number of para-hydroxylation sites is 2. The predicted molar refractivity (Wildman–Crippen MR) is 91.4 cm³/mol. The Morgan fingerprint density at radius 2 is 1.82 bits per heavy atom. The number of aromatic nitrogens is 1. The molecule has 4 rings (SSSR count). The number of benzene rings is 2. The van der Waals surface area contributed by atoms with Gasteiger partial charge in [0.15, 0.2) is 0 Å². The van der Waals surface area contributed by atoms with Gasteiger partial charge in [0.1, 0.15) is 0 Å². The van der Waals surface area contributed by atoms with Gasteiger partial charge >= 0.3 is 0 Å². The molecule has 0 amide bonds. The van der Waals surface area contributed by atoms with Crippen molar-refractivity contribution in [2.24, 2.45) is 0 Å². The third-order valence-corrected chi connectivity index (χ3v) is 3.79. The average molecular weight is 282 g/mol. The zero-order chi connectivity index (χ0) is 14.8. The van der Waals surface area contributed by atoms with E-state index in [9.17, 15) is 0 Å². The Kier molecular flexibility index (Phi) is 3.10. The van der Waals surface area contributed by atoms with Gasteiger partial charge in [0.2, 0.25) is 0 Å². The van der Waals surface area contributed by atoms with Crippen LogP contribution in [0.2, 0.25) is 0 Å². The highest BCUT2D eigenvalue weighted by Gasteiger charge is 2.09. The largest absolute Gasteiger partial charge is 0.297 e. The van der Waals surface area contributed by atoms with Crippen LogP contribution in [0.15, 0.2) is 66.9 Å². The lowest BCUT2D eigenvalue weighted by Gasteiger charge is -2.21. The lowest BCUT2D eigenvalue weighted by Crippen LogP contribution is -2.19. The van der Waals surface area contributed by atoms with E-state index in [0.29, 0.717) is 0 Å². The van der Waals surface area contributed by atoms with Crippen LogP contribution in [0.25, 0.3) is 17.0 Å². The molecule has 2 heterocycles. The van der Waals surface area contributed by atoms with Crippen molar-refractivity contribution in [1.82, 2.24) is 4.98 Å². The molecule has 22 heavy (non-hydrogen) atoms. The topological polar surface area (TPSA) is 16.1 Å². The number of rotatable bonds is 0. The monoisotopic (exact) mass is 282 g/mol. The van der Waals surface area contributed by atoms with Gasteiger partial charge in [0.05, 0.1) is 11.2 Å². The predicted octanol–water partition coefficient (Wildman–Crippen LogP) is 4.08. The molecule has 0 atom stereocenters. The normalized spacial score (nSPS) is 12.6. The zero-order valence-electron chi connectivity index (χ0n) is 12.0. The molecule has 0 bridgehead atoms. The van der Waals surface area contributed by atoms with Crippen molar-refractivity contribution in [2.75, 3.05) is 11.4 Å². The van der Waals surface area contributed by atoms with Gasteiger partial charge in [-0.3, -0.25) is 9.88 Å². The molecule has 1 aliphatic heterocycles. The molecular formula is C20H14N2. The molecule has 0 N–H and O–H groups in total. The summed E-state index contributed by atoms with van der Waals surface area (Å²) in [7, 11) is 0. The Balaban J connectivity index is 1.76. The minimum atomic E-state index is 0.813. The molecule has 0 radical (unpaired) electrons. The second-order valence-corrected chi connectivity index (χ2v) is 5.18. The Hall–Kier alpha value is -3.05. The molecule has 0 spiro atoms. The third kappa shape index (κ3) is 2.23. The summed E-state index contributed by atoms with van der Waals surface area (Å²) in [6, 6.07) is 21.7. The van der Waals surface area contributed by atoms with Crippen molar-refractivity contribution in [3.63, 3.8) is 0 Å². The molecule has 1 aromatic heterocycles. The molecule has 0 fully saturated rings. The van der Waals surface area contributed by atoms with Crippen molar-refractivity contribution >= 4 is 22.7 Å². The summed E-state index contributed by atoms with van der Waals surface area (Å²) in [6.07, 6.45) is 6.10. The summed E-state index contributed by atoms with van der Waals surface area (Å²) in [5.41, 5.74) is 4.37. The molecule has 0 saturated heterocycles. The zero-order valence-corrected chi connectivity index (χ0v) is 12.0. The van der Waals surface area contributed by atoms with Crippen LogP contribution in [0.3, 0.4) is 0 Å². The summed E-state index contributed by atoms with van der Waals surface area (Å²) in [6.45, 7) is 0.813. The smallest absolute Gasteiger partial charge is 0.0714 e. The summed E-state index contributed by atoms with van der Waals surface area (Å²) >= 11 is 0. The van der Waals surface area contributed by atoms with E-state index in [1.165, 1.54) is 5.56 Å². The standard InChI is InChI=1S/C20H14N2/c1-4-10-20-17(6-1)7-5-14-22(20)15-12-16-11-13-21-19-9-3-2-8-18(16)19/h1-11,13H,14H2. The van der Waals surface area contributed by atoms with Gasteiger partial charge in [-0.1, -0.05) is 48.6 Å². The Morgan fingerprint density at radius 1 is 0.955 bits per heavy atom. The number of fused-ring (bicyclic) bond motifs is 2. The first-order valence-corrected chi connectivity index (χ1v) is 7.30. The third-order valence-electron chi connectivity index (χ3n) is 3.79. The number of hydrogen-bond acceptors (Lipinski definition) is 2. The van der Waals surface area contributed by atoms with Crippen LogP contribution in [0.5, 0.6) is 0 Å². The average Bonchev–Trinajstić information content (AvgIpc) is 2.60. The van der Waals surface area contributed by atoms with Crippen molar-refractivity contribution < 1.29 is 0 Å². The lowest BCUT2D eigenvalue weighted by molar-refractivity contribution is 1.11. The number of anilines is 1. The second kappa shape index (κ2) is 5.38. The molecular weight excluding hydrogens is 268 g/mol. The van der Waals surface area contributed by atoms with Gasteiger partial charge in [-0.05, 0) is 29.7 Å². The van der Waals surface area contributed by atoms with E-state index in [4.69, 9.17) is 0 Å². The fourth-order valence-corrected chi connectivity index (χ4v) is 2.70. The number of nitrogens with zero attached hydrogens (tertiary/aromatic N) is 2. The van der Waals surface area contributed by atoms with Crippen molar-refractivity contribution in [3.8, 4) is 12.0 Å². The van der Waals surface area contributed by atoms with Gasteiger partial charge in [0.25, 0.3) is 0 Å². The molecule has 2 nitrogen and oxygen atoms in total. The van der Waals surface area contributed by atoms with Gasteiger partial charge in [0, 0.05) is 29.7 Å². The van der Waals surface area contributed by atoms with Crippen LogP contribution in [-0.4, -0.2) is 11.5 Å². The van der Waals surface area contributed by atoms with Gasteiger partial charge in [-0.2, -0.15) is 0 Å². The summed E-state index contributed by atoms with van der Waals surface area (Å²) < 4.78 is 0. The van der Waals surface area contributed by atoms with Crippen LogP contribution in [0, 0.1) is 12.0 Å². The highest BCUT2D eigenvalue weighted by atomic mass is 15.1.